The molecule has 4 rings (SSSR count). The number of nitrogens with zero attached hydrogens (tertiary/aromatic N) is 4. The van der Waals surface area contributed by atoms with E-state index < -0.39 is 0 Å². The zero-order valence-corrected chi connectivity index (χ0v) is 17.9. The van der Waals surface area contributed by atoms with Gasteiger partial charge >= 0.3 is 0 Å². The smallest absolute Gasteiger partial charge is 0.257 e. The van der Waals surface area contributed by atoms with Crippen LogP contribution in [0.3, 0.4) is 0 Å². The van der Waals surface area contributed by atoms with E-state index in [1.165, 1.54) is 0 Å². The van der Waals surface area contributed by atoms with Gasteiger partial charge in [0.1, 0.15) is 11.4 Å². The Balaban J connectivity index is 1.71. The maximum atomic E-state index is 13.5. The van der Waals surface area contributed by atoms with E-state index in [0.29, 0.717) is 29.1 Å². The van der Waals surface area contributed by atoms with Crippen molar-refractivity contribution in [2.45, 2.75) is 6.54 Å². The Bertz CT molecular complexity index is 1270. The summed E-state index contributed by atoms with van der Waals surface area (Å²) in [5, 5.41) is 13.7. The number of methoxy groups -OCH3 is 1. The van der Waals surface area contributed by atoms with E-state index in [0.717, 1.165) is 16.8 Å². The summed E-state index contributed by atoms with van der Waals surface area (Å²) >= 11 is 0. The highest BCUT2D eigenvalue weighted by Crippen LogP contribution is 2.28. The minimum Gasteiger partial charge on any atom is -0.497 e. The summed E-state index contributed by atoms with van der Waals surface area (Å²) in [6.07, 6.45) is 1.77. The molecule has 4 aromatic rings. The second-order valence-electron chi connectivity index (χ2n) is 7.37. The maximum absolute atomic E-state index is 13.5. The van der Waals surface area contributed by atoms with Crippen LogP contribution >= 0.6 is 0 Å². The van der Waals surface area contributed by atoms with Crippen LogP contribution in [0.1, 0.15) is 21.5 Å². The number of amides is 1. The maximum Gasteiger partial charge on any atom is 0.257 e. The van der Waals surface area contributed by atoms with Crippen molar-refractivity contribution >= 4 is 5.91 Å². The van der Waals surface area contributed by atoms with Crippen molar-refractivity contribution in [1.82, 2.24) is 14.7 Å². The molecule has 6 nitrogen and oxygen atoms in total. The van der Waals surface area contributed by atoms with Gasteiger partial charge in [-0.2, -0.15) is 10.4 Å². The number of aromatic nitrogens is 2. The molecule has 0 unspecified atom stereocenters. The van der Waals surface area contributed by atoms with Crippen LogP contribution in [0.4, 0.5) is 0 Å². The number of carbonyl (C=O) groups excluding carboxylic acids is 1. The number of benzene rings is 3. The third kappa shape index (κ3) is 4.37. The van der Waals surface area contributed by atoms with E-state index in [9.17, 15) is 4.79 Å². The molecule has 0 bridgehead atoms. The molecule has 1 heterocycles. The number of nitriles is 1. The summed E-state index contributed by atoms with van der Waals surface area (Å²) in [4.78, 5) is 15.1. The van der Waals surface area contributed by atoms with Crippen molar-refractivity contribution in [3.8, 4) is 28.8 Å². The van der Waals surface area contributed by atoms with Gasteiger partial charge in [-0.25, -0.2) is 4.68 Å². The van der Waals surface area contributed by atoms with Crippen LogP contribution in [0.2, 0.25) is 0 Å². The van der Waals surface area contributed by atoms with Crippen molar-refractivity contribution in [3.05, 3.63) is 102 Å². The zero-order chi connectivity index (χ0) is 22.5. The molecule has 32 heavy (non-hydrogen) atoms. The molecule has 3 aromatic carbocycles. The Labute approximate surface area is 186 Å². The molecule has 158 valence electrons. The molecule has 0 saturated carbocycles. The number of ether oxygens (including phenoxy) is 1. The lowest BCUT2D eigenvalue weighted by atomic mass is 10.1. The lowest BCUT2D eigenvalue weighted by Crippen LogP contribution is -2.26. The minimum absolute atomic E-state index is 0.144. The normalized spacial score (nSPS) is 10.4. The Morgan fingerprint density at radius 1 is 1.06 bits per heavy atom. The predicted octanol–water partition coefficient (Wildman–Crippen LogP) is 4.69. The molecule has 0 aliphatic rings. The van der Waals surface area contributed by atoms with Crippen LogP contribution in [-0.4, -0.2) is 34.7 Å². The van der Waals surface area contributed by atoms with Crippen molar-refractivity contribution < 1.29 is 9.53 Å². The van der Waals surface area contributed by atoms with Crippen molar-refractivity contribution in [1.29, 1.82) is 5.26 Å². The Kier molecular flexibility index (Phi) is 6.00. The highest BCUT2D eigenvalue weighted by Gasteiger charge is 2.22. The van der Waals surface area contributed by atoms with Gasteiger partial charge in [0.05, 0.1) is 30.0 Å². The average molecular weight is 422 g/mol. The van der Waals surface area contributed by atoms with E-state index in [2.05, 4.69) is 6.07 Å². The quantitative estimate of drug-likeness (QED) is 0.452. The summed E-state index contributed by atoms with van der Waals surface area (Å²) in [6.45, 7) is 0.415. The Morgan fingerprint density at radius 3 is 2.50 bits per heavy atom. The number of hydrogen-bond donors (Lipinski definition) is 0. The van der Waals surface area contributed by atoms with Gasteiger partial charge in [-0.1, -0.05) is 42.5 Å². The summed E-state index contributed by atoms with van der Waals surface area (Å²) in [7, 11) is 3.37. The van der Waals surface area contributed by atoms with Crippen LogP contribution < -0.4 is 4.74 Å². The standard InChI is InChI=1S/C26H22N4O2/c1-29(17-20-13-11-19(16-27)12-14-20)26(31)24-18-30(22-8-4-3-5-9-22)28-25(24)21-7-6-10-23(15-21)32-2/h3-15,18H,17H2,1-2H3. The Morgan fingerprint density at radius 2 is 1.81 bits per heavy atom. The lowest BCUT2D eigenvalue weighted by molar-refractivity contribution is 0.0786. The van der Waals surface area contributed by atoms with Crippen LogP contribution in [0, 0.1) is 11.3 Å². The van der Waals surface area contributed by atoms with Crippen molar-refractivity contribution in [2.75, 3.05) is 14.2 Å². The van der Waals surface area contributed by atoms with Gasteiger partial charge in [-0.3, -0.25) is 4.79 Å². The van der Waals surface area contributed by atoms with Crippen LogP contribution in [-0.2, 0) is 6.54 Å². The van der Waals surface area contributed by atoms with Crippen LogP contribution in [0.15, 0.2) is 85.1 Å². The second-order valence-corrected chi connectivity index (χ2v) is 7.37. The lowest BCUT2D eigenvalue weighted by Gasteiger charge is -2.17. The predicted molar refractivity (Wildman–Crippen MR) is 123 cm³/mol. The molecule has 0 radical (unpaired) electrons. The number of carbonyl (C=O) groups is 1. The van der Waals surface area contributed by atoms with E-state index in [1.807, 2.05) is 66.7 Å². The molecule has 0 atom stereocenters. The van der Waals surface area contributed by atoms with Gasteiger partial charge in [0, 0.05) is 25.4 Å². The molecule has 0 aliphatic carbocycles. The van der Waals surface area contributed by atoms with Crippen LogP contribution in [0.5, 0.6) is 5.75 Å². The molecule has 0 saturated heterocycles. The molecule has 1 amide bonds. The monoisotopic (exact) mass is 422 g/mol. The Hall–Kier alpha value is -4.37. The van der Waals surface area contributed by atoms with Crippen molar-refractivity contribution in [2.24, 2.45) is 0 Å². The van der Waals surface area contributed by atoms with Crippen LogP contribution in [0.25, 0.3) is 16.9 Å². The highest BCUT2D eigenvalue weighted by atomic mass is 16.5. The summed E-state index contributed by atoms with van der Waals surface area (Å²) in [5.74, 6) is 0.551. The fourth-order valence-electron chi connectivity index (χ4n) is 3.46. The molecular formula is C26H22N4O2. The third-order valence-electron chi connectivity index (χ3n) is 5.16. The molecule has 6 heteroatoms. The molecular weight excluding hydrogens is 400 g/mol. The number of rotatable bonds is 6. The first kappa shape index (κ1) is 20.9. The van der Waals surface area contributed by atoms with Gasteiger partial charge in [-0.15, -0.1) is 0 Å². The summed E-state index contributed by atoms with van der Waals surface area (Å²) < 4.78 is 7.08. The number of hydrogen-bond acceptors (Lipinski definition) is 4. The SMILES string of the molecule is COc1cccc(-c2nn(-c3ccccc3)cc2C(=O)N(C)Cc2ccc(C#N)cc2)c1. The average Bonchev–Trinajstić information content (AvgIpc) is 3.30. The van der Waals surface area contributed by atoms with E-state index >= 15 is 0 Å². The summed E-state index contributed by atoms with van der Waals surface area (Å²) in [5.41, 5.74) is 4.28. The van der Waals surface area contributed by atoms with E-state index in [4.69, 9.17) is 15.1 Å². The molecule has 0 fully saturated rings. The molecule has 0 spiro atoms. The fourth-order valence-corrected chi connectivity index (χ4v) is 3.46. The minimum atomic E-state index is -0.144. The highest BCUT2D eigenvalue weighted by molar-refractivity contribution is 5.99. The van der Waals surface area contributed by atoms with Gasteiger partial charge in [-0.05, 0) is 42.0 Å². The van der Waals surface area contributed by atoms with Gasteiger partial charge in [0.15, 0.2) is 0 Å². The summed E-state index contributed by atoms with van der Waals surface area (Å²) in [6, 6.07) is 26.5. The molecule has 1 aromatic heterocycles. The second kappa shape index (κ2) is 9.19. The van der Waals surface area contributed by atoms with Gasteiger partial charge in [0.25, 0.3) is 5.91 Å². The first-order valence-corrected chi connectivity index (χ1v) is 10.1. The molecule has 0 aliphatic heterocycles. The van der Waals surface area contributed by atoms with Crippen molar-refractivity contribution in [3.63, 3.8) is 0 Å². The number of para-hydroxylation sites is 1. The zero-order valence-electron chi connectivity index (χ0n) is 17.9. The largest absolute Gasteiger partial charge is 0.497 e. The first-order chi connectivity index (χ1) is 15.6. The van der Waals surface area contributed by atoms with E-state index in [1.54, 1.807) is 42.1 Å². The van der Waals surface area contributed by atoms with Gasteiger partial charge in [0.2, 0.25) is 0 Å². The first-order valence-electron chi connectivity index (χ1n) is 10.1. The van der Waals surface area contributed by atoms with E-state index in [-0.39, 0.29) is 5.91 Å². The topological polar surface area (TPSA) is 71.2 Å². The molecule has 0 N–H and O–H groups in total. The third-order valence-corrected chi connectivity index (χ3v) is 5.16. The fraction of sp³-hybridized carbons (Fsp3) is 0.115. The van der Waals surface area contributed by atoms with Gasteiger partial charge < -0.3 is 9.64 Å².